The molecule has 2 aromatic rings. The lowest BCUT2D eigenvalue weighted by Crippen LogP contribution is -2.46. The van der Waals surface area contributed by atoms with Crippen LogP contribution >= 0.6 is 0 Å². The summed E-state index contributed by atoms with van der Waals surface area (Å²) in [5.74, 6) is -0.182. The number of rotatable bonds is 7. The van der Waals surface area contributed by atoms with Crippen molar-refractivity contribution < 1.29 is 4.79 Å². The highest BCUT2D eigenvalue weighted by Gasteiger charge is 2.16. The Morgan fingerprint density at radius 2 is 1.68 bits per heavy atom. The van der Waals surface area contributed by atoms with Gasteiger partial charge in [-0.25, -0.2) is 4.98 Å². The lowest BCUT2D eigenvalue weighted by atomic mass is 10.2. The first-order chi connectivity index (χ1) is 13.6. The normalized spacial score (nSPS) is 14.8. The lowest BCUT2D eigenvalue weighted by Gasteiger charge is -2.35. The van der Waals surface area contributed by atoms with Gasteiger partial charge in [0.2, 0.25) is 0 Å². The molecule has 6 nitrogen and oxygen atoms in total. The fourth-order valence-electron chi connectivity index (χ4n) is 3.57. The molecule has 0 atom stereocenters. The fraction of sp³-hybridized carbons (Fsp3) is 0.455. The molecule has 1 aromatic heterocycles. The van der Waals surface area contributed by atoms with E-state index in [-0.39, 0.29) is 5.91 Å². The number of nitrogens with one attached hydrogen (secondary N) is 1. The summed E-state index contributed by atoms with van der Waals surface area (Å²) >= 11 is 0. The third-order valence-electron chi connectivity index (χ3n) is 5.42. The van der Waals surface area contributed by atoms with E-state index in [4.69, 9.17) is 0 Å². The molecule has 1 amide bonds. The van der Waals surface area contributed by atoms with Gasteiger partial charge in [-0.05, 0) is 56.8 Å². The zero-order valence-corrected chi connectivity index (χ0v) is 17.2. The Balaban J connectivity index is 1.59. The van der Waals surface area contributed by atoms with E-state index < -0.39 is 0 Å². The molecular weight excluding hydrogens is 350 g/mol. The first-order valence-corrected chi connectivity index (χ1v) is 10.2. The van der Waals surface area contributed by atoms with Crippen LogP contribution in [0.5, 0.6) is 0 Å². The zero-order chi connectivity index (χ0) is 19.9. The van der Waals surface area contributed by atoms with Crippen molar-refractivity contribution in [2.75, 3.05) is 60.9 Å². The minimum absolute atomic E-state index is 0.182. The minimum atomic E-state index is -0.182. The van der Waals surface area contributed by atoms with Crippen LogP contribution in [0.2, 0.25) is 0 Å². The molecule has 0 unspecified atom stereocenters. The summed E-state index contributed by atoms with van der Waals surface area (Å²) in [5, 5.41) is 2.93. The lowest BCUT2D eigenvalue weighted by molar-refractivity contribution is 0.102. The summed E-state index contributed by atoms with van der Waals surface area (Å²) in [5.41, 5.74) is 3.45. The molecule has 2 heterocycles. The molecule has 1 fully saturated rings. The molecule has 0 aliphatic carbocycles. The molecule has 0 bridgehead atoms. The molecule has 0 saturated carbocycles. The molecule has 0 radical (unpaired) electrons. The monoisotopic (exact) mass is 381 g/mol. The minimum Gasteiger partial charge on any atom is -0.372 e. The molecule has 3 rings (SSSR count). The number of nitrogens with zero attached hydrogens (tertiary/aromatic N) is 4. The van der Waals surface area contributed by atoms with Gasteiger partial charge in [-0.1, -0.05) is 6.92 Å². The SMILES string of the molecule is CCN1CCN(c2ccc(C(=O)Nc3ccc(N(CC)CC)cc3)nc2)CC1. The van der Waals surface area contributed by atoms with Crippen molar-refractivity contribution in [3.63, 3.8) is 0 Å². The van der Waals surface area contributed by atoms with Gasteiger partial charge in [0.1, 0.15) is 5.69 Å². The summed E-state index contributed by atoms with van der Waals surface area (Å²) in [6.07, 6.45) is 1.81. The van der Waals surface area contributed by atoms with Gasteiger partial charge in [0, 0.05) is 50.6 Å². The van der Waals surface area contributed by atoms with Crippen molar-refractivity contribution in [3.05, 3.63) is 48.3 Å². The topological polar surface area (TPSA) is 51.7 Å². The number of hydrogen-bond acceptors (Lipinski definition) is 5. The first kappa shape index (κ1) is 20.1. The molecule has 1 aliphatic heterocycles. The third kappa shape index (κ3) is 4.81. The molecule has 6 heteroatoms. The molecular formula is C22H31N5O. The van der Waals surface area contributed by atoms with Crippen LogP contribution in [0.3, 0.4) is 0 Å². The molecule has 1 N–H and O–H groups in total. The van der Waals surface area contributed by atoms with E-state index in [0.29, 0.717) is 5.69 Å². The summed E-state index contributed by atoms with van der Waals surface area (Å²) in [6.45, 7) is 13.6. The average Bonchev–Trinajstić information content (AvgIpc) is 2.76. The maximum atomic E-state index is 12.5. The Hall–Kier alpha value is -2.60. The van der Waals surface area contributed by atoms with E-state index in [1.165, 1.54) is 0 Å². The highest BCUT2D eigenvalue weighted by Crippen LogP contribution is 2.19. The number of pyridine rings is 1. The predicted octanol–water partition coefficient (Wildman–Crippen LogP) is 3.32. The number of piperazine rings is 1. The van der Waals surface area contributed by atoms with E-state index in [0.717, 1.165) is 62.9 Å². The number of likely N-dealkylation sites (N-methyl/N-ethyl adjacent to an activating group) is 1. The molecule has 28 heavy (non-hydrogen) atoms. The molecule has 0 spiro atoms. The van der Waals surface area contributed by atoms with Gasteiger partial charge in [-0.15, -0.1) is 0 Å². The van der Waals surface area contributed by atoms with Crippen molar-refractivity contribution in [3.8, 4) is 0 Å². The number of carbonyl (C=O) groups is 1. The Bertz CT molecular complexity index is 748. The number of aromatic nitrogens is 1. The largest absolute Gasteiger partial charge is 0.372 e. The maximum Gasteiger partial charge on any atom is 0.274 e. The molecule has 1 aliphatic rings. The van der Waals surface area contributed by atoms with Crippen LogP contribution in [0.25, 0.3) is 0 Å². The molecule has 1 aromatic carbocycles. The quantitative estimate of drug-likeness (QED) is 0.797. The van der Waals surface area contributed by atoms with E-state index in [1.807, 2.05) is 30.3 Å². The summed E-state index contributed by atoms with van der Waals surface area (Å²) in [6, 6.07) is 11.7. The van der Waals surface area contributed by atoms with Crippen molar-refractivity contribution in [2.45, 2.75) is 20.8 Å². The van der Waals surface area contributed by atoms with E-state index in [1.54, 1.807) is 12.3 Å². The van der Waals surface area contributed by atoms with Crippen LogP contribution in [-0.2, 0) is 0 Å². The van der Waals surface area contributed by atoms with Crippen LogP contribution < -0.4 is 15.1 Å². The van der Waals surface area contributed by atoms with Crippen molar-refractivity contribution >= 4 is 23.0 Å². The highest BCUT2D eigenvalue weighted by molar-refractivity contribution is 6.03. The smallest absolute Gasteiger partial charge is 0.274 e. The van der Waals surface area contributed by atoms with Crippen LogP contribution in [-0.4, -0.2) is 61.6 Å². The number of carbonyl (C=O) groups excluding carboxylic acids is 1. The Morgan fingerprint density at radius 3 is 2.21 bits per heavy atom. The van der Waals surface area contributed by atoms with Gasteiger partial charge in [0.15, 0.2) is 0 Å². The van der Waals surface area contributed by atoms with Crippen LogP contribution in [0, 0.1) is 0 Å². The number of hydrogen-bond donors (Lipinski definition) is 1. The van der Waals surface area contributed by atoms with Gasteiger partial charge in [-0.3, -0.25) is 4.79 Å². The summed E-state index contributed by atoms with van der Waals surface area (Å²) in [4.78, 5) is 23.9. The third-order valence-corrected chi connectivity index (χ3v) is 5.42. The Kier molecular flexibility index (Phi) is 6.87. The van der Waals surface area contributed by atoms with Crippen LogP contribution in [0.15, 0.2) is 42.6 Å². The van der Waals surface area contributed by atoms with Gasteiger partial charge in [0.25, 0.3) is 5.91 Å². The second-order valence-corrected chi connectivity index (χ2v) is 7.00. The predicted molar refractivity (Wildman–Crippen MR) is 117 cm³/mol. The maximum absolute atomic E-state index is 12.5. The van der Waals surface area contributed by atoms with Gasteiger partial charge < -0.3 is 20.0 Å². The second kappa shape index (κ2) is 9.55. The Morgan fingerprint density at radius 1 is 1.00 bits per heavy atom. The van der Waals surface area contributed by atoms with Gasteiger partial charge in [0.05, 0.1) is 11.9 Å². The van der Waals surface area contributed by atoms with Crippen molar-refractivity contribution in [2.24, 2.45) is 0 Å². The van der Waals surface area contributed by atoms with E-state index in [9.17, 15) is 4.79 Å². The number of benzene rings is 1. The van der Waals surface area contributed by atoms with E-state index in [2.05, 4.69) is 45.8 Å². The highest BCUT2D eigenvalue weighted by atomic mass is 16.1. The zero-order valence-electron chi connectivity index (χ0n) is 17.2. The number of anilines is 3. The van der Waals surface area contributed by atoms with Gasteiger partial charge >= 0.3 is 0 Å². The molecule has 1 saturated heterocycles. The van der Waals surface area contributed by atoms with Crippen LogP contribution in [0.4, 0.5) is 17.1 Å². The first-order valence-electron chi connectivity index (χ1n) is 10.2. The number of amides is 1. The standard InChI is InChI=1S/C22H31N5O/c1-4-25-13-15-27(16-14-25)20-11-12-21(23-17-20)22(28)24-18-7-9-19(10-8-18)26(5-2)6-3/h7-12,17H,4-6,13-16H2,1-3H3,(H,24,28). The summed E-state index contributed by atoms with van der Waals surface area (Å²) < 4.78 is 0. The van der Waals surface area contributed by atoms with Gasteiger partial charge in [-0.2, -0.15) is 0 Å². The second-order valence-electron chi connectivity index (χ2n) is 7.00. The fourth-order valence-corrected chi connectivity index (χ4v) is 3.57. The average molecular weight is 382 g/mol. The molecule has 150 valence electrons. The Labute approximate surface area is 168 Å². The van der Waals surface area contributed by atoms with Crippen LogP contribution in [0.1, 0.15) is 31.3 Å². The van der Waals surface area contributed by atoms with E-state index >= 15 is 0 Å². The van der Waals surface area contributed by atoms with Crippen molar-refractivity contribution in [1.82, 2.24) is 9.88 Å². The van der Waals surface area contributed by atoms with Crippen molar-refractivity contribution in [1.29, 1.82) is 0 Å². The summed E-state index contributed by atoms with van der Waals surface area (Å²) in [7, 11) is 0.